The number of hydrogen-bond acceptors (Lipinski definition) is 6. The maximum Gasteiger partial charge on any atom is 0.227 e. The number of nitrogens with zero attached hydrogens (tertiary/aromatic N) is 5. The molecule has 1 aliphatic heterocycles. The first-order chi connectivity index (χ1) is 15.8. The van der Waals surface area contributed by atoms with Gasteiger partial charge in [0.2, 0.25) is 11.9 Å². The van der Waals surface area contributed by atoms with Gasteiger partial charge in [-0.05, 0) is 59.3 Å². The van der Waals surface area contributed by atoms with Crippen LogP contribution in [0.3, 0.4) is 0 Å². The van der Waals surface area contributed by atoms with Crippen molar-refractivity contribution in [2.75, 3.05) is 23.4 Å². The lowest BCUT2D eigenvalue weighted by Crippen LogP contribution is -2.23. The zero-order valence-corrected chi connectivity index (χ0v) is 22.4. The Bertz CT molecular complexity index is 1130. The lowest BCUT2D eigenvalue weighted by atomic mass is 10.2. The molecule has 8 nitrogen and oxygen atoms in total. The van der Waals surface area contributed by atoms with E-state index in [1.54, 1.807) is 6.20 Å². The summed E-state index contributed by atoms with van der Waals surface area (Å²) in [6, 6.07) is 10.8. The largest absolute Gasteiger partial charge is 0.360 e. The summed E-state index contributed by atoms with van der Waals surface area (Å²) in [5.74, 6) is 0.661. The number of carbonyl (C=O) groups is 1. The summed E-state index contributed by atoms with van der Waals surface area (Å²) < 4.78 is 8.50. The highest BCUT2D eigenvalue weighted by atomic mass is 127. The summed E-state index contributed by atoms with van der Waals surface area (Å²) >= 11 is 2.22. The molecular formula is C23H29IN6O2Si. The van der Waals surface area contributed by atoms with Crippen LogP contribution in [0.4, 0.5) is 17.3 Å². The molecule has 1 aliphatic rings. The van der Waals surface area contributed by atoms with Crippen molar-refractivity contribution in [3.05, 3.63) is 46.4 Å². The second-order valence-electron chi connectivity index (χ2n) is 9.31. The molecule has 33 heavy (non-hydrogen) atoms. The SMILES string of the molecule is C[Si](C)(C)CCOCn1cc(-c2ccnc(Nc3cccc(N4CCCC4=O)c3)n2)c(I)n1. The van der Waals surface area contributed by atoms with Gasteiger partial charge in [0.25, 0.3) is 0 Å². The third-order valence-corrected chi connectivity index (χ3v) is 7.86. The number of aromatic nitrogens is 4. The Balaban J connectivity index is 1.44. The predicted octanol–water partition coefficient (Wildman–Crippen LogP) is 5.13. The van der Waals surface area contributed by atoms with Crippen LogP contribution in [0.5, 0.6) is 0 Å². The summed E-state index contributed by atoms with van der Waals surface area (Å²) in [6.45, 7) is 8.97. The highest BCUT2D eigenvalue weighted by Gasteiger charge is 2.21. The molecule has 2 aromatic heterocycles. The monoisotopic (exact) mass is 576 g/mol. The third kappa shape index (κ3) is 6.39. The van der Waals surface area contributed by atoms with Crippen LogP contribution in [0.15, 0.2) is 42.7 Å². The van der Waals surface area contributed by atoms with Crippen LogP contribution < -0.4 is 10.2 Å². The standard InChI is InChI=1S/C23H29IN6O2Si/c1-33(2,3)13-12-32-16-29-15-19(22(24)28-29)20-9-10-25-23(27-20)26-17-6-4-7-18(14-17)30-11-5-8-21(30)31/h4,6-7,9-10,14-15H,5,8,11-13,16H2,1-3H3,(H,25,26,27). The van der Waals surface area contributed by atoms with Crippen molar-refractivity contribution in [2.24, 2.45) is 0 Å². The fourth-order valence-corrected chi connectivity index (χ4v) is 4.99. The molecular weight excluding hydrogens is 547 g/mol. The Morgan fingerprint density at radius 3 is 2.85 bits per heavy atom. The number of amides is 1. The van der Waals surface area contributed by atoms with Gasteiger partial charge < -0.3 is 15.0 Å². The van der Waals surface area contributed by atoms with E-state index in [0.29, 0.717) is 19.1 Å². The maximum absolute atomic E-state index is 12.1. The van der Waals surface area contributed by atoms with Crippen LogP contribution >= 0.6 is 22.6 Å². The molecule has 0 bridgehead atoms. The lowest BCUT2D eigenvalue weighted by Gasteiger charge is -2.16. The molecule has 1 saturated heterocycles. The minimum Gasteiger partial charge on any atom is -0.360 e. The van der Waals surface area contributed by atoms with Gasteiger partial charge in [0.1, 0.15) is 10.4 Å². The first-order valence-electron chi connectivity index (χ1n) is 11.1. The quantitative estimate of drug-likeness (QED) is 0.216. The zero-order chi connectivity index (χ0) is 23.4. The van der Waals surface area contributed by atoms with E-state index in [0.717, 1.165) is 51.9 Å². The minimum absolute atomic E-state index is 0.168. The van der Waals surface area contributed by atoms with Crippen LogP contribution in [0.1, 0.15) is 12.8 Å². The van der Waals surface area contributed by atoms with Crippen molar-refractivity contribution in [1.29, 1.82) is 0 Å². The van der Waals surface area contributed by atoms with Crippen molar-refractivity contribution < 1.29 is 9.53 Å². The van der Waals surface area contributed by atoms with Crippen LogP contribution in [0.2, 0.25) is 25.7 Å². The number of halogens is 1. The predicted molar refractivity (Wildman–Crippen MR) is 141 cm³/mol. The fraction of sp³-hybridized carbons (Fsp3) is 0.391. The lowest BCUT2D eigenvalue weighted by molar-refractivity contribution is -0.117. The summed E-state index contributed by atoms with van der Waals surface area (Å²) in [7, 11) is -1.11. The Morgan fingerprint density at radius 2 is 2.09 bits per heavy atom. The topological polar surface area (TPSA) is 85.2 Å². The molecule has 0 saturated carbocycles. The average Bonchev–Trinajstić information content (AvgIpc) is 3.36. The van der Waals surface area contributed by atoms with E-state index in [2.05, 4.69) is 62.6 Å². The molecule has 4 rings (SSSR count). The molecule has 174 valence electrons. The fourth-order valence-electron chi connectivity index (χ4n) is 3.54. The maximum atomic E-state index is 12.1. The molecule has 1 aromatic carbocycles. The Hall–Kier alpha value is -2.31. The van der Waals surface area contributed by atoms with Crippen LogP contribution in [-0.2, 0) is 16.3 Å². The van der Waals surface area contributed by atoms with E-state index in [4.69, 9.17) is 4.74 Å². The molecule has 0 aliphatic carbocycles. The van der Waals surface area contributed by atoms with E-state index in [1.807, 2.05) is 46.1 Å². The molecule has 0 unspecified atom stereocenters. The Kier molecular flexibility index (Phi) is 7.44. The van der Waals surface area contributed by atoms with Crippen LogP contribution in [0, 0.1) is 3.70 Å². The number of carbonyl (C=O) groups excluding carboxylic acids is 1. The zero-order valence-electron chi connectivity index (χ0n) is 19.2. The Labute approximate surface area is 208 Å². The van der Waals surface area contributed by atoms with Crippen molar-refractivity contribution in [3.63, 3.8) is 0 Å². The third-order valence-electron chi connectivity index (χ3n) is 5.36. The molecule has 1 fully saturated rings. The molecule has 0 atom stereocenters. The van der Waals surface area contributed by atoms with Crippen molar-refractivity contribution in [2.45, 2.75) is 45.3 Å². The van der Waals surface area contributed by atoms with E-state index in [-0.39, 0.29) is 5.91 Å². The van der Waals surface area contributed by atoms with Gasteiger partial charge in [-0.25, -0.2) is 14.6 Å². The highest BCUT2D eigenvalue weighted by Crippen LogP contribution is 2.27. The number of ether oxygens (including phenoxy) is 1. The van der Waals surface area contributed by atoms with Gasteiger partial charge in [0, 0.05) is 51.4 Å². The van der Waals surface area contributed by atoms with E-state index >= 15 is 0 Å². The molecule has 3 heterocycles. The van der Waals surface area contributed by atoms with Gasteiger partial charge in [-0.2, -0.15) is 5.10 Å². The van der Waals surface area contributed by atoms with Gasteiger partial charge in [0.05, 0.1) is 11.3 Å². The molecule has 3 aromatic rings. The number of benzene rings is 1. The average molecular weight is 577 g/mol. The summed E-state index contributed by atoms with van der Waals surface area (Å²) in [5.41, 5.74) is 3.46. The second-order valence-corrected chi connectivity index (χ2v) is 16.0. The number of rotatable bonds is 9. The summed E-state index contributed by atoms with van der Waals surface area (Å²) in [4.78, 5) is 23.0. The van der Waals surface area contributed by atoms with Crippen molar-refractivity contribution >= 4 is 53.9 Å². The second kappa shape index (κ2) is 10.3. The molecule has 10 heteroatoms. The van der Waals surface area contributed by atoms with Gasteiger partial charge in [-0.3, -0.25) is 4.79 Å². The first kappa shape index (κ1) is 23.8. The van der Waals surface area contributed by atoms with Gasteiger partial charge >= 0.3 is 0 Å². The molecule has 1 N–H and O–H groups in total. The molecule has 0 radical (unpaired) electrons. The van der Waals surface area contributed by atoms with E-state index in [9.17, 15) is 4.79 Å². The first-order valence-corrected chi connectivity index (χ1v) is 15.9. The minimum atomic E-state index is -1.11. The number of hydrogen-bond donors (Lipinski definition) is 1. The van der Waals surface area contributed by atoms with E-state index in [1.165, 1.54) is 0 Å². The van der Waals surface area contributed by atoms with Gasteiger partial charge in [-0.1, -0.05) is 25.7 Å². The summed E-state index contributed by atoms with van der Waals surface area (Å²) in [6.07, 6.45) is 5.20. The van der Waals surface area contributed by atoms with Crippen molar-refractivity contribution in [3.8, 4) is 11.3 Å². The van der Waals surface area contributed by atoms with Crippen LogP contribution in [-0.4, -0.2) is 46.9 Å². The van der Waals surface area contributed by atoms with E-state index < -0.39 is 8.07 Å². The molecule has 0 spiro atoms. The smallest absolute Gasteiger partial charge is 0.227 e. The normalized spacial score (nSPS) is 14.2. The summed E-state index contributed by atoms with van der Waals surface area (Å²) in [5, 5.41) is 7.83. The van der Waals surface area contributed by atoms with Crippen LogP contribution in [0.25, 0.3) is 11.3 Å². The number of anilines is 3. The van der Waals surface area contributed by atoms with Crippen molar-refractivity contribution in [1.82, 2.24) is 19.7 Å². The Morgan fingerprint density at radius 1 is 1.24 bits per heavy atom. The molecule has 1 amide bonds. The highest BCUT2D eigenvalue weighted by molar-refractivity contribution is 14.1. The van der Waals surface area contributed by atoms with Gasteiger partial charge in [0.15, 0.2) is 0 Å². The number of nitrogens with one attached hydrogen (secondary N) is 1. The van der Waals surface area contributed by atoms with Gasteiger partial charge in [-0.15, -0.1) is 0 Å².